The van der Waals surface area contributed by atoms with Gasteiger partial charge in [0.05, 0.1) is 18.1 Å². The van der Waals surface area contributed by atoms with Crippen LogP contribution in [0.25, 0.3) is 0 Å². The quantitative estimate of drug-likeness (QED) is 0.123. The lowest BCUT2D eigenvalue weighted by Gasteiger charge is -2.34. The van der Waals surface area contributed by atoms with Crippen LogP contribution in [0.3, 0.4) is 0 Å². The number of carbonyl (C=O) groups excluding carboxylic acids is 3. The molecule has 0 bridgehead atoms. The number of hydrogen-bond acceptors (Lipinski definition) is 7. The first kappa shape index (κ1) is 38.9. The van der Waals surface area contributed by atoms with E-state index < -0.39 is 30.8 Å². The molecule has 0 aliphatic carbocycles. The van der Waals surface area contributed by atoms with Crippen LogP contribution in [0.15, 0.2) is 12.3 Å². The molecule has 0 rings (SSSR count). The number of esters is 2. The Kier molecular flexibility index (Phi) is 18.1. The predicted octanol–water partition coefficient (Wildman–Crippen LogP) is 6.18. The molecule has 7 atom stereocenters. The second-order valence-corrected chi connectivity index (χ2v) is 11.5. The van der Waals surface area contributed by atoms with Crippen molar-refractivity contribution < 1.29 is 46.5 Å². The van der Waals surface area contributed by atoms with E-state index in [2.05, 4.69) is 0 Å². The fourth-order valence-corrected chi connectivity index (χ4v) is 4.63. The highest BCUT2D eigenvalue weighted by atomic mass is 19.4. The number of carbonyl (C=O) groups is 3. The summed E-state index contributed by atoms with van der Waals surface area (Å²) < 4.78 is 61.2. The molecule has 0 N–H and O–H groups in total. The zero-order valence-electron chi connectivity index (χ0n) is 26.4. The largest absolute Gasteiger partial charge is 0.462 e. The van der Waals surface area contributed by atoms with Crippen LogP contribution >= 0.6 is 0 Å². The first-order chi connectivity index (χ1) is 19.0. The zero-order chi connectivity index (χ0) is 31.9. The molecule has 0 aliphatic rings. The predicted molar refractivity (Wildman–Crippen MR) is 151 cm³/mol. The van der Waals surface area contributed by atoms with E-state index >= 15 is 0 Å². The van der Waals surface area contributed by atoms with E-state index in [1.165, 1.54) is 13.2 Å². The molecule has 0 heterocycles. The van der Waals surface area contributed by atoms with Crippen molar-refractivity contribution in [2.75, 3.05) is 20.8 Å². The van der Waals surface area contributed by atoms with Crippen molar-refractivity contribution >= 4 is 18.3 Å². The molecule has 0 fully saturated rings. The van der Waals surface area contributed by atoms with Crippen LogP contribution in [-0.2, 0) is 33.3 Å². The highest BCUT2D eigenvalue weighted by molar-refractivity contribution is 5.71. The van der Waals surface area contributed by atoms with E-state index in [9.17, 15) is 27.6 Å². The Morgan fingerprint density at radius 3 is 1.93 bits per heavy atom. The maximum absolute atomic E-state index is 12.7. The molecule has 8 nitrogen and oxygen atoms in total. The third-order valence-corrected chi connectivity index (χ3v) is 7.34. The first-order valence-corrected chi connectivity index (χ1v) is 14.4. The molecule has 1 amide bonds. The first-order valence-electron chi connectivity index (χ1n) is 14.4. The number of ether oxygens (including phenoxy) is 4. The minimum atomic E-state index is -4.53. The summed E-state index contributed by atoms with van der Waals surface area (Å²) in [6.07, 6.45) is -1.42. The van der Waals surface area contributed by atoms with Crippen LogP contribution in [0.2, 0.25) is 0 Å². The lowest BCUT2D eigenvalue weighted by molar-refractivity contribution is -0.159. The van der Waals surface area contributed by atoms with Crippen molar-refractivity contribution in [2.45, 2.75) is 112 Å². The van der Waals surface area contributed by atoms with E-state index in [1.54, 1.807) is 34.8 Å². The smallest absolute Gasteiger partial charge is 0.406 e. The van der Waals surface area contributed by atoms with Crippen LogP contribution in [0.1, 0.15) is 81.1 Å². The van der Waals surface area contributed by atoms with E-state index in [-0.39, 0.29) is 54.2 Å². The van der Waals surface area contributed by atoms with Gasteiger partial charge in [-0.3, -0.25) is 14.4 Å². The summed E-state index contributed by atoms with van der Waals surface area (Å²) in [6, 6.07) is 0. The third-order valence-electron chi connectivity index (χ3n) is 7.34. The number of methoxy groups -OCH3 is 2. The van der Waals surface area contributed by atoms with Gasteiger partial charge in [0.25, 0.3) is 0 Å². The second kappa shape index (κ2) is 19.1. The molecule has 0 aromatic carbocycles. The molecule has 240 valence electrons. The fraction of sp³-hybridized carbons (Fsp3) is 0.833. The van der Waals surface area contributed by atoms with Crippen molar-refractivity contribution in [2.24, 2.45) is 29.6 Å². The van der Waals surface area contributed by atoms with Gasteiger partial charge in [-0.25, -0.2) is 0 Å². The number of amides is 1. The van der Waals surface area contributed by atoms with E-state index in [0.717, 1.165) is 6.20 Å². The van der Waals surface area contributed by atoms with Gasteiger partial charge in [0.1, 0.15) is 18.8 Å². The minimum Gasteiger partial charge on any atom is -0.462 e. The summed E-state index contributed by atoms with van der Waals surface area (Å²) >= 11 is 0. The van der Waals surface area contributed by atoms with Gasteiger partial charge in [0, 0.05) is 45.1 Å². The average Bonchev–Trinajstić information content (AvgIpc) is 2.89. The molecular formula is C30H52F3NO7. The highest BCUT2D eigenvalue weighted by Crippen LogP contribution is 2.30. The van der Waals surface area contributed by atoms with Gasteiger partial charge in [0.15, 0.2) is 0 Å². The molecule has 0 aromatic rings. The molecule has 0 saturated carbocycles. The molecule has 0 unspecified atom stereocenters. The van der Waals surface area contributed by atoms with Crippen molar-refractivity contribution in [3.63, 3.8) is 0 Å². The number of halogens is 3. The summed E-state index contributed by atoms with van der Waals surface area (Å²) in [5.41, 5.74) is 0. The summed E-state index contributed by atoms with van der Waals surface area (Å²) in [7, 11) is 3.11. The Labute approximate surface area is 244 Å². The molecule has 0 saturated heterocycles. The number of hydrogen-bond donors (Lipinski definition) is 0. The van der Waals surface area contributed by atoms with Crippen LogP contribution < -0.4 is 0 Å². The normalized spacial score (nSPS) is 17.5. The number of nitrogens with zero attached hydrogens (tertiary/aromatic N) is 1. The lowest BCUT2D eigenvalue weighted by Crippen LogP contribution is -2.39. The molecule has 0 spiro atoms. The van der Waals surface area contributed by atoms with Gasteiger partial charge < -0.3 is 23.8 Å². The second-order valence-electron chi connectivity index (χ2n) is 11.5. The molecule has 11 heteroatoms. The van der Waals surface area contributed by atoms with Gasteiger partial charge in [-0.2, -0.15) is 13.2 Å². The third kappa shape index (κ3) is 15.1. The average molecular weight is 596 g/mol. The molecule has 0 aliphatic heterocycles. The van der Waals surface area contributed by atoms with E-state index in [4.69, 9.17) is 18.9 Å². The molecule has 0 aromatic heterocycles. The Hall–Kier alpha value is -2.14. The minimum absolute atomic E-state index is 0.0378. The van der Waals surface area contributed by atoms with Crippen molar-refractivity contribution in [1.29, 1.82) is 0 Å². The van der Waals surface area contributed by atoms with Gasteiger partial charge in [-0.05, 0) is 24.7 Å². The van der Waals surface area contributed by atoms with Crippen LogP contribution in [0, 0.1) is 29.6 Å². The Morgan fingerprint density at radius 1 is 0.878 bits per heavy atom. The lowest BCUT2D eigenvalue weighted by atomic mass is 9.84. The summed E-state index contributed by atoms with van der Waals surface area (Å²) in [4.78, 5) is 36.2. The maximum Gasteiger partial charge on any atom is 0.406 e. The topological polar surface area (TPSA) is 91.4 Å². The summed E-state index contributed by atoms with van der Waals surface area (Å²) in [5.74, 6) is -1.54. The molecular weight excluding hydrogens is 543 g/mol. The summed E-state index contributed by atoms with van der Waals surface area (Å²) in [5, 5.41) is 0. The van der Waals surface area contributed by atoms with Crippen molar-refractivity contribution in [3.8, 4) is 0 Å². The van der Waals surface area contributed by atoms with E-state index in [1.807, 2.05) is 27.7 Å². The van der Waals surface area contributed by atoms with Crippen LogP contribution in [0.5, 0.6) is 0 Å². The van der Waals surface area contributed by atoms with Crippen molar-refractivity contribution in [3.05, 3.63) is 12.3 Å². The Balaban J connectivity index is 5.73. The van der Waals surface area contributed by atoms with Gasteiger partial charge in [-0.1, -0.05) is 61.5 Å². The monoisotopic (exact) mass is 595 g/mol. The highest BCUT2D eigenvalue weighted by Gasteiger charge is 2.34. The fourth-order valence-electron chi connectivity index (χ4n) is 4.63. The van der Waals surface area contributed by atoms with Gasteiger partial charge in [0.2, 0.25) is 6.41 Å². The zero-order valence-corrected chi connectivity index (χ0v) is 26.4. The summed E-state index contributed by atoms with van der Waals surface area (Å²) in [6.45, 7) is 13.5. The number of rotatable bonds is 20. The maximum atomic E-state index is 12.7. The SMILES string of the molecule is CCC(=O)O[C@@H](C[C@H](OC)[C@@H](C)CC[C@@H](OC(=O)C(C)C)[C@H](C)[C@H](OC)[C@H](C)/C=C/N(C=O)CC(F)(F)F)C(C)C. The van der Waals surface area contributed by atoms with E-state index in [0.29, 0.717) is 30.6 Å². The van der Waals surface area contributed by atoms with Crippen LogP contribution in [0.4, 0.5) is 13.2 Å². The standard InChI is InChI=1S/C30H52F3NO7/c1-11-27(36)40-25(19(2)3)16-26(38-9)21(6)12-13-24(41-29(37)20(4)5)23(8)28(39-10)22(7)14-15-34(18-35)17-30(31,32)33/h14-15,18-26,28H,11-13,16-17H2,1-10H3/b15-14+/t21-,22+,23-,24+,25-,26-,28+/m0/s1. The van der Waals surface area contributed by atoms with Gasteiger partial charge >= 0.3 is 18.1 Å². The number of alkyl halides is 3. The molecule has 41 heavy (non-hydrogen) atoms. The van der Waals surface area contributed by atoms with Crippen LogP contribution in [-0.4, -0.2) is 74.6 Å². The molecule has 0 radical (unpaired) electrons. The Bertz CT molecular complexity index is 803. The van der Waals surface area contributed by atoms with Gasteiger partial charge in [-0.15, -0.1) is 0 Å². The Morgan fingerprint density at radius 2 is 1.49 bits per heavy atom. The van der Waals surface area contributed by atoms with Crippen molar-refractivity contribution in [1.82, 2.24) is 4.90 Å².